The van der Waals surface area contributed by atoms with Crippen molar-refractivity contribution in [3.63, 3.8) is 0 Å². The minimum Gasteiger partial charge on any atom is -0.450 e. The predicted molar refractivity (Wildman–Crippen MR) is 136 cm³/mol. The lowest BCUT2D eigenvalue weighted by molar-refractivity contribution is 0.353. The average molecular weight is 467 g/mol. The lowest BCUT2D eigenvalue weighted by Crippen LogP contribution is -2.15. The molecule has 0 unspecified atom stereocenters. The summed E-state index contributed by atoms with van der Waals surface area (Å²) in [6.45, 7) is 17.3. The summed E-state index contributed by atoms with van der Waals surface area (Å²) >= 11 is 0. The lowest BCUT2D eigenvalue weighted by atomic mass is 9.94. The van der Waals surface area contributed by atoms with Crippen molar-refractivity contribution in [1.82, 2.24) is 0 Å². The zero-order chi connectivity index (χ0) is 25.3. The van der Waals surface area contributed by atoms with Gasteiger partial charge in [0.2, 0.25) is 5.82 Å². The zero-order valence-electron chi connectivity index (χ0n) is 20.2. The third-order valence-corrected chi connectivity index (χ3v) is 5.72. The second-order valence-corrected chi connectivity index (χ2v) is 8.06. The van der Waals surface area contributed by atoms with Gasteiger partial charge in [0.15, 0.2) is 23.2 Å². The van der Waals surface area contributed by atoms with E-state index in [1.165, 1.54) is 5.56 Å². The molecule has 0 amide bonds. The van der Waals surface area contributed by atoms with Crippen molar-refractivity contribution in [2.75, 3.05) is 0 Å². The summed E-state index contributed by atoms with van der Waals surface area (Å²) in [5.74, 6) is -3.13. The van der Waals surface area contributed by atoms with Gasteiger partial charge in [0.05, 0.1) is 0 Å². The third kappa shape index (κ3) is 6.40. The Bertz CT molecular complexity index is 1090. The van der Waals surface area contributed by atoms with E-state index in [4.69, 9.17) is 4.74 Å². The van der Waals surface area contributed by atoms with Gasteiger partial charge >= 0.3 is 0 Å². The van der Waals surface area contributed by atoms with Gasteiger partial charge in [-0.25, -0.2) is 8.78 Å². The maximum absolute atomic E-state index is 14.8. The van der Waals surface area contributed by atoms with Crippen LogP contribution < -0.4 is 4.74 Å². The van der Waals surface area contributed by atoms with Crippen LogP contribution in [0.3, 0.4) is 0 Å². The molecule has 0 spiro atoms. The molecular weight excluding hydrogens is 433 g/mol. The van der Waals surface area contributed by atoms with Crippen LogP contribution in [0.2, 0.25) is 0 Å². The molecule has 0 radical (unpaired) electrons. The van der Waals surface area contributed by atoms with Gasteiger partial charge in [-0.05, 0) is 72.9 Å². The number of hydrogen-bond donors (Lipinski definition) is 0. The van der Waals surface area contributed by atoms with E-state index in [1.54, 1.807) is 13.0 Å². The maximum atomic E-state index is 14.8. The first kappa shape index (κ1) is 27.0. The molecule has 1 aliphatic heterocycles. The maximum Gasteiger partial charge on any atom is 0.201 e. The number of aryl methyl sites for hydroxylation is 3. The van der Waals surface area contributed by atoms with Crippen molar-refractivity contribution in [1.29, 1.82) is 0 Å². The van der Waals surface area contributed by atoms with E-state index < -0.39 is 17.5 Å². The predicted octanol–water partition coefficient (Wildman–Crippen LogP) is 8.70. The molecule has 0 bridgehead atoms. The standard InChI is InChI=1S/C28H29F3O.C2H4/c1-5-7-8-9-20-10-12-21(13-11-20)14-15-22-17-23-16-19(4)27(24(29)18(3)6-2)32-28(23)26(31)25(22)30;1-2/h5,7,10-13,17H,3-4,6,8-9,14-16H2,1-2H3;1-2H2/b7-5+,27-24-;. The van der Waals surface area contributed by atoms with Crippen molar-refractivity contribution < 1.29 is 17.9 Å². The summed E-state index contributed by atoms with van der Waals surface area (Å²) in [7, 11) is 0. The monoisotopic (exact) mass is 466 g/mol. The fourth-order valence-electron chi connectivity index (χ4n) is 3.71. The summed E-state index contributed by atoms with van der Waals surface area (Å²) < 4.78 is 49.6. The normalized spacial score (nSPS) is 14.2. The smallest absolute Gasteiger partial charge is 0.201 e. The van der Waals surface area contributed by atoms with Crippen LogP contribution in [0, 0.1) is 11.6 Å². The molecule has 34 heavy (non-hydrogen) atoms. The highest BCUT2D eigenvalue weighted by atomic mass is 19.2. The number of hydrogen-bond acceptors (Lipinski definition) is 1. The van der Waals surface area contributed by atoms with Crippen molar-refractivity contribution >= 4 is 0 Å². The summed E-state index contributed by atoms with van der Waals surface area (Å²) in [5, 5.41) is 0. The van der Waals surface area contributed by atoms with Gasteiger partial charge in [-0.15, -0.1) is 13.2 Å². The molecule has 4 heteroatoms. The molecule has 3 rings (SSSR count). The highest BCUT2D eigenvalue weighted by molar-refractivity contribution is 5.51. The van der Waals surface area contributed by atoms with Crippen molar-refractivity contribution in [2.45, 2.75) is 52.4 Å². The fraction of sp³-hybridized carbons (Fsp3) is 0.267. The Morgan fingerprint density at radius 3 is 2.24 bits per heavy atom. The van der Waals surface area contributed by atoms with E-state index in [0.29, 0.717) is 30.4 Å². The number of halogens is 3. The van der Waals surface area contributed by atoms with Crippen molar-refractivity contribution in [2.24, 2.45) is 0 Å². The van der Waals surface area contributed by atoms with Gasteiger partial charge in [0.1, 0.15) is 0 Å². The molecule has 180 valence electrons. The zero-order valence-corrected chi connectivity index (χ0v) is 20.2. The van der Waals surface area contributed by atoms with Gasteiger partial charge in [0.25, 0.3) is 0 Å². The number of allylic oxidation sites excluding steroid dienone is 5. The fourth-order valence-corrected chi connectivity index (χ4v) is 3.71. The topological polar surface area (TPSA) is 9.23 Å². The van der Waals surface area contributed by atoms with Gasteiger partial charge in [-0.1, -0.05) is 56.5 Å². The van der Waals surface area contributed by atoms with Gasteiger partial charge < -0.3 is 4.74 Å². The summed E-state index contributed by atoms with van der Waals surface area (Å²) in [5.41, 5.74) is 3.67. The van der Waals surface area contributed by atoms with Crippen LogP contribution in [-0.2, 0) is 25.7 Å². The average Bonchev–Trinajstić information content (AvgIpc) is 2.86. The number of ether oxygens (including phenoxy) is 1. The molecule has 0 aromatic heterocycles. The van der Waals surface area contributed by atoms with Crippen LogP contribution in [0.15, 0.2) is 91.5 Å². The number of benzene rings is 2. The molecule has 2 aromatic carbocycles. The summed E-state index contributed by atoms with van der Waals surface area (Å²) in [4.78, 5) is 0. The molecule has 0 atom stereocenters. The Morgan fingerprint density at radius 2 is 1.65 bits per heavy atom. The van der Waals surface area contributed by atoms with Gasteiger partial charge in [-0.3, -0.25) is 0 Å². The molecule has 1 heterocycles. The highest BCUT2D eigenvalue weighted by Gasteiger charge is 2.28. The Kier molecular flexibility index (Phi) is 10.2. The molecule has 0 saturated heterocycles. The van der Waals surface area contributed by atoms with E-state index >= 15 is 0 Å². The molecular formula is C30H33F3O. The SMILES string of the molecule is C=C.C=C(CC)/C(F)=C1/Oc2c(cc(CCc3ccc(CC/C=C/C)cc3)c(F)c2F)CC1=C. The first-order valence-electron chi connectivity index (χ1n) is 11.5. The van der Waals surface area contributed by atoms with Crippen molar-refractivity contribution in [3.8, 4) is 5.75 Å². The van der Waals surface area contributed by atoms with Crippen LogP contribution in [0.25, 0.3) is 0 Å². The first-order valence-corrected chi connectivity index (χ1v) is 11.5. The van der Waals surface area contributed by atoms with Crippen molar-refractivity contribution in [3.05, 3.63) is 125 Å². The molecule has 1 nitrogen and oxygen atoms in total. The quantitative estimate of drug-likeness (QED) is 0.354. The Morgan fingerprint density at radius 1 is 1.03 bits per heavy atom. The van der Waals surface area contributed by atoms with E-state index in [9.17, 15) is 13.2 Å². The minimum atomic E-state index is -1.09. The molecule has 2 aromatic rings. The number of fused-ring (bicyclic) bond motifs is 1. The third-order valence-electron chi connectivity index (χ3n) is 5.72. The summed E-state index contributed by atoms with van der Waals surface area (Å²) in [6.07, 6.45) is 7.65. The molecule has 0 aliphatic carbocycles. The largest absolute Gasteiger partial charge is 0.450 e. The van der Waals surface area contributed by atoms with Crippen LogP contribution >= 0.6 is 0 Å². The second kappa shape index (κ2) is 12.8. The highest BCUT2D eigenvalue weighted by Crippen LogP contribution is 2.39. The van der Waals surface area contributed by atoms with Crippen LogP contribution in [0.4, 0.5) is 13.2 Å². The molecule has 0 fully saturated rings. The van der Waals surface area contributed by atoms with E-state index in [-0.39, 0.29) is 29.1 Å². The Hall–Kier alpha value is -3.27. The lowest BCUT2D eigenvalue weighted by Gasteiger charge is -2.24. The molecule has 0 N–H and O–H groups in total. The Labute approximate surface area is 201 Å². The van der Waals surface area contributed by atoms with E-state index in [2.05, 4.69) is 44.5 Å². The van der Waals surface area contributed by atoms with E-state index in [1.807, 2.05) is 25.1 Å². The second-order valence-electron chi connectivity index (χ2n) is 8.06. The van der Waals surface area contributed by atoms with Gasteiger partial charge in [-0.2, -0.15) is 4.39 Å². The Balaban J connectivity index is 0.00000199. The number of rotatable bonds is 8. The van der Waals surface area contributed by atoms with Crippen LogP contribution in [-0.4, -0.2) is 0 Å². The van der Waals surface area contributed by atoms with E-state index in [0.717, 1.165) is 18.4 Å². The van der Waals surface area contributed by atoms with Crippen LogP contribution in [0.5, 0.6) is 5.75 Å². The first-order chi connectivity index (χ1) is 16.3. The summed E-state index contributed by atoms with van der Waals surface area (Å²) in [6, 6.07) is 9.82. The molecule has 1 aliphatic rings. The minimum absolute atomic E-state index is 0.162. The van der Waals surface area contributed by atoms with Gasteiger partial charge in [0, 0.05) is 12.0 Å². The molecule has 0 saturated carbocycles. The van der Waals surface area contributed by atoms with Crippen LogP contribution in [0.1, 0.15) is 48.9 Å².